The van der Waals surface area contributed by atoms with Crippen molar-refractivity contribution in [3.63, 3.8) is 0 Å². The highest BCUT2D eigenvalue weighted by molar-refractivity contribution is 7.92. The standard InChI is InChI=1S/C17H13Cl2N3O3S/c1-10-20-6-5-15(21-10)11-3-2-4-13(7-11)22-26(24,25)16-9-12(18)8-14(19)17(16)23/h2-9,22-23H,1H3. The molecule has 0 fully saturated rings. The summed E-state index contributed by atoms with van der Waals surface area (Å²) >= 11 is 11.7. The number of nitrogens with zero attached hydrogens (tertiary/aromatic N) is 2. The predicted octanol–water partition coefficient (Wildman–Crippen LogP) is 4.27. The number of halogens is 2. The molecule has 9 heteroatoms. The Morgan fingerprint density at radius 2 is 1.88 bits per heavy atom. The lowest BCUT2D eigenvalue weighted by atomic mass is 10.1. The van der Waals surface area contributed by atoms with Crippen LogP contribution in [0.25, 0.3) is 11.3 Å². The number of aromatic hydroxyl groups is 1. The molecule has 134 valence electrons. The van der Waals surface area contributed by atoms with Crippen molar-refractivity contribution in [3.05, 3.63) is 64.5 Å². The van der Waals surface area contributed by atoms with Gasteiger partial charge in [0, 0.05) is 22.5 Å². The van der Waals surface area contributed by atoms with Gasteiger partial charge in [0.05, 0.1) is 10.7 Å². The molecule has 0 atom stereocenters. The van der Waals surface area contributed by atoms with Crippen LogP contribution in [-0.4, -0.2) is 23.5 Å². The van der Waals surface area contributed by atoms with Crippen LogP contribution in [0, 0.1) is 6.92 Å². The topological polar surface area (TPSA) is 92.2 Å². The molecular formula is C17H13Cl2N3O3S. The Morgan fingerprint density at radius 3 is 2.62 bits per heavy atom. The van der Waals surface area contributed by atoms with E-state index in [1.165, 1.54) is 6.07 Å². The summed E-state index contributed by atoms with van der Waals surface area (Å²) < 4.78 is 27.6. The smallest absolute Gasteiger partial charge is 0.265 e. The van der Waals surface area contributed by atoms with Gasteiger partial charge >= 0.3 is 0 Å². The van der Waals surface area contributed by atoms with Gasteiger partial charge in [-0.1, -0.05) is 35.3 Å². The van der Waals surface area contributed by atoms with Crippen LogP contribution in [0.3, 0.4) is 0 Å². The first-order chi connectivity index (χ1) is 12.3. The first-order valence-electron chi connectivity index (χ1n) is 7.37. The second-order valence-electron chi connectivity index (χ2n) is 5.41. The fourth-order valence-corrected chi connectivity index (χ4v) is 4.12. The van der Waals surface area contributed by atoms with E-state index in [2.05, 4.69) is 14.7 Å². The average molecular weight is 410 g/mol. The Morgan fingerprint density at radius 1 is 1.12 bits per heavy atom. The van der Waals surface area contributed by atoms with Gasteiger partial charge in [-0.2, -0.15) is 0 Å². The van der Waals surface area contributed by atoms with Crippen molar-refractivity contribution in [1.82, 2.24) is 9.97 Å². The van der Waals surface area contributed by atoms with Crippen LogP contribution in [0.4, 0.5) is 5.69 Å². The highest BCUT2D eigenvalue weighted by Crippen LogP contribution is 2.35. The van der Waals surface area contributed by atoms with Crippen molar-refractivity contribution in [1.29, 1.82) is 0 Å². The number of sulfonamides is 1. The molecule has 0 spiro atoms. The lowest BCUT2D eigenvalue weighted by Crippen LogP contribution is -2.13. The Labute approximate surface area is 160 Å². The second kappa shape index (κ2) is 7.11. The summed E-state index contributed by atoms with van der Waals surface area (Å²) in [5.74, 6) is 0.0399. The maximum atomic E-state index is 12.6. The average Bonchev–Trinajstić information content (AvgIpc) is 2.58. The fraction of sp³-hybridized carbons (Fsp3) is 0.0588. The summed E-state index contributed by atoms with van der Waals surface area (Å²) in [6.45, 7) is 1.77. The van der Waals surface area contributed by atoms with Crippen molar-refractivity contribution in [2.24, 2.45) is 0 Å². The number of phenolic OH excluding ortho intramolecular Hbond substituents is 1. The van der Waals surface area contributed by atoms with Crippen LogP contribution >= 0.6 is 23.2 Å². The Balaban J connectivity index is 1.98. The van der Waals surface area contributed by atoms with E-state index < -0.39 is 20.7 Å². The van der Waals surface area contributed by atoms with E-state index in [-0.39, 0.29) is 10.0 Å². The number of aryl methyl sites for hydroxylation is 1. The minimum atomic E-state index is -4.10. The van der Waals surface area contributed by atoms with Crippen molar-refractivity contribution >= 4 is 38.9 Å². The first-order valence-corrected chi connectivity index (χ1v) is 9.61. The van der Waals surface area contributed by atoms with E-state index in [0.717, 1.165) is 6.07 Å². The summed E-state index contributed by atoms with van der Waals surface area (Å²) in [6, 6.07) is 10.8. The number of anilines is 1. The molecule has 0 radical (unpaired) electrons. The van der Waals surface area contributed by atoms with E-state index in [1.807, 2.05) is 0 Å². The maximum absolute atomic E-state index is 12.6. The van der Waals surface area contributed by atoms with Gasteiger partial charge in [0.1, 0.15) is 10.7 Å². The van der Waals surface area contributed by atoms with E-state index in [4.69, 9.17) is 23.2 Å². The van der Waals surface area contributed by atoms with Gasteiger partial charge in [0.15, 0.2) is 5.75 Å². The van der Waals surface area contributed by atoms with Gasteiger partial charge in [0.2, 0.25) is 0 Å². The third-order valence-corrected chi connectivity index (χ3v) is 5.37. The van der Waals surface area contributed by atoms with Crippen LogP contribution in [-0.2, 0) is 10.0 Å². The predicted molar refractivity (Wildman–Crippen MR) is 101 cm³/mol. The van der Waals surface area contributed by atoms with Crippen LogP contribution in [0.1, 0.15) is 5.82 Å². The SMILES string of the molecule is Cc1nccc(-c2cccc(NS(=O)(=O)c3cc(Cl)cc(Cl)c3O)c2)n1. The third kappa shape index (κ3) is 3.90. The van der Waals surface area contributed by atoms with Crippen molar-refractivity contribution in [2.75, 3.05) is 4.72 Å². The molecule has 0 aliphatic rings. The molecule has 0 saturated carbocycles. The van der Waals surface area contributed by atoms with Crippen molar-refractivity contribution in [3.8, 4) is 17.0 Å². The molecule has 3 aromatic rings. The molecule has 0 bridgehead atoms. The lowest BCUT2D eigenvalue weighted by molar-refractivity contribution is 0.459. The zero-order valence-electron chi connectivity index (χ0n) is 13.4. The molecule has 2 N–H and O–H groups in total. The zero-order chi connectivity index (χ0) is 18.9. The number of nitrogens with one attached hydrogen (secondary N) is 1. The number of phenols is 1. The number of hydrogen-bond acceptors (Lipinski definition) is 5. The molecular weight excluding hydrogens is 397 g/mol. The summed E-state index contributed by atoms with van der Waals surface area (Å²) in [6.07, 6.45) is 1.63. The van der Waals surface area contributed by atoms with Gasteiger partial charge in [-0.15, -0.1) is 0 Å². The molecule has 26 heavy (non-hydrogen) atoms. The highest BCUT2D eigenvalue weighted by Gasteiger charge is 2.22. The van der Waals surface area contributed by atoms with E-state index in [1.54, 1.807) is 43.5 Å². The monoisotopic (exact) mass is 409 g/mol. The van der Waals surface area contributed by atoms with Crippen LogP contribution in [0.5, 0.6) is 5.75 Å². The molecule has 0 unspecified atom stereocenters. The lowest BCUT2D eigenvalue weighted by Gasteiger charge is -2.12. The Hall–Kier alpha value is -2.35. The van der Waals surface area contributed by atoms with Crippen LogP contribution in [0.2, 0.25) is 10.0 Å². The highest BCUT2D eigenvalue weighted by atomic mass is 35.5. The number of hydrogen-bond donors (Lipinski definition) is 2. The molecule has 3 rings (SSSR count). The largest absolute Gasteiger partial charge is 0.505 e. The zero-order valence-corrected chi connectivity index (χ0v) is 15.8. The second-order valence-corrected chi connectivity index (χ2v) is 7.90. The molecule has 1 aromatic heterocycles. The van der Waals surface area contributed by atoms with Gasteiger partial charge in [-0.3, -0.25) is 4.72 Å². The van der Waals surface area contributed by atoms with E-state index in [9.17, 15) is 13.5 Å². The fourth-order valence-electron chi connectivity index (χ4n) is 2.32. The van der Waals surface area contributed by atoms with Crippen LogP contribution < -0.4 is 4.72 Å². The van der Waals surface area contributed by atoms with E-state index >= 15 is 0 Å². The molecule has 6 nitrogen and oxygen atoms in total. The Bertz CT molecular complexity index is 1090. The quantitative estimate of drug-likeness (QED) is 0.671. The number of aromatic nitrogens is 2. The van der Waals surface area contributed by atoms with Crippen molar-refractivity contribution < 1.29 is 13.5 Å². The van der Waals surface area contributed by atoms with Gasteiger partial charge in [-0.05, 0) is 37.3 Å². The molecule has 1 heterocycles. The molecule has 0 aliphatic carbocycles. The van der Waals surface area contributed by atoms with Crippen molar-refractivity contribution in [2.45, 2.75) is 11.8 Å². The Kier molecular flexibility index (Phi) is 5.04. The molecule has 0 saturated heterocycles. The summed E-state index contributed by atoms with van der Waals surface area (Å²) in [4.78, 5) is 7.95. The van der Waals surface area contributed by atoms with E-state index in [0.29, 0.717) is 22.8 Å². The van der Waals surface area contributed by atoms with Crippen LogP contribution in [0.15, 0.2) is 53.6 Å². The minimum absolute atomic E-state index is 0.0957. The van der Waals surface area contributed by atoms with Gasteiger partial charge in [-0.25, -0.2) is 18.4 Å². The molecule has 0 amide bonds. The molecule has 0 aliphatic heterocycles. The number of benzene rings is 2. The summed E-state index contributed by atoms with van der Waals surface area (Å²) in [5.41, 5.74) is 1.67. The summed E-state index contributed by atoms with van der Waals surface area (Å²) in [7, 11) is -4.10. The van der Waals surface area contributed by atoms with Gasteiger partial charge in [0.25, 0.3) is 10.0 Å². The number of rotatable bonds is 4. The summed E-state index contributed by atoms with van der Waals surface area (Å²) in [5, 5.41) is 9.92. The first kappa shape index (κ1) is 18.4. The molecule has 2 aromatic carbocycles. The van der Waals surface area contributed by atoms with Gasteiger partial charge < -0.3 is 5.11 Å². The maximum Gasteiger partial charge on any atom is 0.265 e. The normalized spacial score (nSPS) is 11.3. The third-order valence-electron chi connectivity index (χ3n) is 3.47. The minimum Gasteiger partial charge on any atom is -0.505 e.